The van der Waals surface area contributed by atoms with Crippen molar-refractivity contribution in [2.24, 2.45) is 5.41 Å². The van der Waals surface area contributed by atoms with Gasteiger partial charge in [0.15, 0.2) is 0 Å². The van der Waals surface area contributed by atoms with E-state index in [9.17, 15) is 9.90 Å². The number of aromatic carboxylic acids is 1. The maximum Gasteiger partial charge on any atom is 0.339 e. The van der Waals surface area contributed by atoms with Crippen molar-refractivity contribution in [2.45, 2.75) is 52.4 Å². The lowest BCUT2D eigenvalue weighted by Gasteiger charge is -2.39. The fourth-order valence-corrected chi connectivity index (χ4v) is 3.63. The summed E-state index contributed by atoms with van der Waals surface area (Å²) in [5.74, 6) is -0.162. The van der Waals surface area contributed by atoms with Crippen molar-refractivity contribution in [3.63, 3.8) is 0 Å². The molecule has 0 saturated carbocycles. The van der Waals surface area contributed by atoms with E-state index >= 15 is 0 Å². The largest absolute Gasteiger partial charge is 0.478 e. The van der Waals surface area contributed by atoms with Crippen molar-refractivity contribution in [3.05, 3.63) is 22.9 Å². The van der Waals surface area contributed by atoms with E-state index in [1.165, 1.54) is 6.42 Å². The van der Waals surface area contributed by atoms with Crippen LogP contribution < -0.4 is 4.90 Å². The van der Waals surface area contributed by atoms with Gasteiger partial charge in [0, 0.05) is 18.8 Å². The van der Waals surface area contributed by atoms with Crippen LogP contribution in [0.2, 0.25) is 0 Å². The lowest BCUT2D eigenvalue weighted by Crippen LogP contribution is -2.41. The average molecular weight is 288 g/mol. The molecule has 1 aliphatic carbocycles. The number of piperidine rings is 1. The molecule has 1 fully saturated rings. The first-order valence-corrected chi connectivity index (χ1v) is 7.97. The number of hydrogen-bond donors (Lipinski definition) is 1. The number of rotatable bonds is 2. The van der Waals surface area contributed by atoms with Gasteiger partial charge in [-0.05, 0) is 55.6 Å². The van der Waals surface area contributed by atoms with E-state index < -0.39 is 5.97 Å². The maximum atomic E-state index is 11.6. The molecular weight excluding hydrogens is 264 g/mol. The Bertz CT molecular complexity index is 566. The number of carboxylic acids is 1. The Morgan fingerprint density at radius 2 is 2.05 bits per heavy atom. The molecule has 1 aliphatic heterocycles. The van der Waals surface area contributed by atoms with Gasteiger partial charge in [0.25, 0.3) is 0 Å². The van der Waals surface area contributed by atoms with Crippen molar-refractivity contribution in [3.8, 4) is 0 Å². The second kappa shape index (κ2) is 5.32. The molecule has 1 saturated heterocycles. The number of aromatic nitrogens is 1. The minimum atomic E-state index is -0.853. The molecule has 21 heavy (non-hydrogen) atoms. The summed E-state index contributed by atoms with van der Waals surface area (Å²) in [5, 5.41) is 9.56. The number of carboxylic acid groups (broad SMARTS) is 1. The number of carbonyl (C=O) groups is 1. The van der Waals surface area contributed by atoms with Crippen molar-refractivity contribution >= 4 is 11.8 Å². The first-order valence-electron chi connectivity index (χ1n) is 7.97. The summed E-state index contributed by atoms with van der Waals surface area (Å²) >= 11 is 0. The van der Waals surface area contributed by atoms with Crippen LogP contribution in [0, 0.1) is 5.41 Å². The van der Waals surface area contributed by atoms with E-state index in [1.54, 1.807) is 0 Å². The van der Waals surface area contributed by atoms with Crippen LogP contribution in [0.4, 0.5) is 5.82 Å². The molecule has 4 heteroatoms. The molecule has 0 amide bonds. The molecule has 4 nitrogen and oxygen atoms in total. The van der Waals surface area contributed by atoms with Gasteiger partial charge in [0.05, 0.1) is 0 Å². The Labute approximate surface area is 126 Å². The van der Waals surface area contributed by atoms with Crippen LogP contribution in [-0.4, -0.2) is 29.1 Å². The number of anilines is 1. The van der Waals surface area contributed by atoms with Gasteiger partial charge < -0.3 is 10.0 Å². The van der Waals surface area contributed by atoms with Gasteiger partial charge in [0.1, 0.15) is 11.4 Å². The minimum absolute atomic E-state index is 0.228. The smallest absolute Gasteiger partial charge is 0.339 e. The van der Waals surface area contributed by atoms with E-state index in [4.69, 9.17) is 4.98 Å². The number of pyridine rings is 1. The quantitative estimate of drug-likeness (QED) is 0.907. The minimum Gasteiger partial charge on any atom is -0.478 e. The summed E-state index contributed by atoms with van der Waals surface area (Å²) in [6.45, 7) is 6.30. The number of aryl methyl sites for hydroxylation is 2. The molecule has 2 heterocycles. The molecule has 1 N–H and O–H groups in total. The molecule has 0 bridgehead atoms. The Morgan fingerprint density at radius 1 is 1.29 bits per heavy atom. The van der Waals surface area contributed by atoms with Crippen LogP contribution >= 0.6 is 0 Å². The Balaban J connectivity index is 2.01. The van der Waals surface area contributed by atoms with Crippen LogP contribution in [0.1, 0.15) is 61.1 Å². The fourth-order valence-electron chi connectivity index (χ4n) is 3.63. The lowest BCUT2D eigenvalue weighted by molar-refractivity contribution is 0.0696. The molecule has 3 rings (SSSR count). The number of hydrogen-bond acceptors (Lipinski definition) is 3. The molecule has 2 aliphatic rings. The van der Waals surface area contributed by atoms with E-state index in [2.05, 4.69) is 18.7 Å². The van der Waals surface area contributed by atoms with E-state index in [0.717, 1.165) is 56.5 Å². The van der Waals surface area contributed by atoms with Crippen molar-refractivity contribution in [1.29, 1.82) is 0 Å². The van der Waals surface area contributed by atoms with Crippen LogP contribution in [0.5, 0.6) is 0 Å². The van der Waals surface area contributed by atoms with Crippen LogP contribution in [-0.2, 0) is 12.8 Å². The standard InChI is InChI=1S/C17H24N2O2/c1-17(2)8-5-9-19(11-17)15-13(16(20)21)10-12-6-3-4-7-14(12)18-15/h10H,3-9,11H2,1-2H3,(H,20,21). The molecule has 0 spiro atoms. The van der Waals surface area contributed by atoms with Gasteiger partial charge >= 0.3 is 5.97 Å². The van der Waals surface area contributed by atoms with Crippen molar-refractivity contribution in [1.82, 2.24) is 4.98 Å². The van der Waals surface area contributed by atoms with Gasteiger partial charge in [-0.3, -0.25) is 0 Å². The topological polar surface area (TPSA) is 53.4 Å². The Hall–Kier alpha value is -1.58. The second-order valence-electron chi connectivity index (χ2n) is 7.17. The molecule has 114 valence electrons. The molecule has 0 unspecified atom stereocenters. The zero-order valence-electron chi connectivity index (χ0n) is 13.0. The predicted octanol–water partition coefficient (Wildman–Crippen LogP) is 3.29. The third-order valence-electron chi connectivity index (χ3n) is 4.71. The highest BCUT2D eigenvalue weighted by Crippen LogP contribution is 2.34. The Morgan fingerprint density at radius 3 is 2.76 bits per heavy atom. The van der Waals surface area contributed by atoms with Gasteiger partial charge in [-0.1, -0.05) is 13.8 Å². The highest BCUT2D eigenvalue weighted by atomic mass is 16.4. The molecule has 0 radical (unpaired) electrons. The first kappa shape index (κ1) is 14.4. The van der Waals surface area contributed by atoms with Crippen LogP contribution in [0.15, 0.2) is 6.07 Å². The first-order chi connectivity index (χ1) is 9.96. The molecule has 1 aromatic rings. The number of fused-ring (bicyclic) bond motifs is 1. The fraction of sp³-hybridized carbons (Fsp3) is 0.647. The SMILES string of the molecule is CC1(C)CCCN(c2nc3c(cc2C(=O)O)CCCC3)C1. The summed E-state index contributed by atoms with van der Waals surface area (Å²) in [6.07, 6.45) is 6.55. The monoisotopic (exact) mass is 288 g/mol. The number of nitrogens with zero attached hydrogens (tertiary/aromatic N) is 2. The van der Waals surface area contributed by atoms with Gasteiger partial charge in [-0.2, -0.15) is 0 Å². The third kappa shape index (κ3) is 2.89. The highest BCUT2D eigenvalue weighted by molar-refractivity contribution is 5.93. The lowest BCUT2D eigenvalue weighted by atomic mass is 9.84. The summed E-state index contributed by atoms with van der Waals surface area (Å²) in [6, 6.07) is 1.88. The summed E-state index contributed by atoms with van der Waals surface area (Å²) in [4.78, 5) is 18.6. The van der Waals surface area contributed by atoms with E-state index in [1.807, 2.05) is 6.07 Å². The molecule has 1 aromatic heterocycles. The zero-order chi connectivity index (χ0) is 15.0. The maximum absolute atomic E-state index is 11.6. The average Bonchev–Trinajstić information content (AvgIpc) is 2.44. The second-order valence-corrected chi connectivity index (χ2v) is 7.17. The van der Waals surface area contributed by atoms with Gasteiger partial charge in [0.2, 0.25) is 0 Å². The van der Waals surface area contributed by atoms with E-state index in [-0.39, 0.29) is 5.41 Å². The predicted molar refractivity (Wildman–Crippen MR) is 83.1 cm³/mol. The summed E-state index contributed by atoms with van der Waals surface area (Å²) < 4.78 is 0. The van der Waals surface area contributed by atoms with Crippen molar-refractivity contribution in [2.75, 3.05) is 18.0 Å². The third-order valence-corrected chi connectivity index (χ3v) is 4.71. The van der Waals surface area contributed by atoms with E-state index in [0.29, 0.717) is 11.4 Å². The molecule has 0 atom stereocenters. The molecule has 0 aromatic carbocycles. The summed E-state index contributed by atoms with van der Waals surface area (Å²) in [5.41, 5.74) is 2.86. The summed E-state index contributed by atoms with van der Waals surface area (Å²) in [7, 11) is 0. The normalized spacial score (nSPS) is 21.0. The van der Waals surface area contributed by atoms with Crippen LogP contribution in [0.25, 0.3) is 0 Å². The van der Waals surface area contributed by atoms with Crippen LogP contribution in [0.3, 0.4) is 0 Å². The van der Waals surface area contributed by atoms with Crippen molar-refractivity contribution < 1.29 is 9.90 Å². The van der Waals surface area contributed by atoms with Gasteiger partial charge in [-0.25, -0.2) is 9.78 Å². The highest BCUT2D eigenvalue weighted by Gasteiger charge is 2.30. The Kier molecular flexibility index (Phi) is 3.64. The molecular formula is C17H24N2O2. The van der Waals surface area contributed by atoms with Gasteiger partial charge in [-0.15, -0.1) is 0 Å². The zero-order valence-corrected chi connectivity index (χ0v) is 13.0.